The number of hydrogen-bond acceptors (Lipinski definition) is 6. The number of aryl methyl sites for hydroxylation is 1. The van der Waals surface area contributed by atoms with Crippen LogP contribution in [0.25, 0.3) is 0 Å². The van der Waals surface area contributed by atoms with Gasteiger partial charge >= 0.3 is 0 Å². The van der Waals surface area contributed by atoms with Gasteiger partial charge in [0.05, 0.1) is 7.11 Å². The molecule has 2 N–H and O–H groups in total. The van der Waals surface area contributed by atoms with Crippen LogP contribution in [0.5, 0.6) is 5.75 Å². The summed E-state index contributed by atoms with van der Waals surface area (Å²) in [4.78, 5) is 11.1. The number of benzene rings is 1. The zero-order valence-electron chi connectivity index (χ0n) is 15.7. The highest BCUT2D eigenvalue weighted by atomic mass is 16.5. The zero-order chi connectivity index (χ0) is 18.1. The third-order valence-electron chi connectivity index (χ3n) is 3.78. The summed E-state index contributed by atoms with van der Waals surface area (Å²) >= 11 is 0. The summed E-state index contributed by atoms with van der Waals surface area (Å²) in [6, 6.07) is 10.1. The molecule has 0 amide bonds. The molecule has 0 saturated carbocycles. The minimum absolute atomic E-state index is 0.765. The predicted molar refractivity (Wildman–Crippen MR) is 104 cm³/mol. The number of aromatic nitrogens is 2. The predicted octanol–water partition coefficient (Wildman–Crippen LogP) is 2.81. The Morgan fingerprint density at radius 3 is 2.44 bits per heavy atom. The maximum absolute atomic E-state index is 5.26. The Balaban J connectivity index is 1.84. The first-order valence-corrected chi connectivity index (χ1v) is 8.68. The van der Waals surface area contributed by atoms with Crippen molar-refractivity contribution in [2.24, 2.45) is 0 Å². The van der Waals surface area contributed by atoms with Crippen LogP contribution in [-0.4, -0.2) is 55.7 Å². The number of rotatable bonds is 10. The number of methoxy groups -OCH3 is 1. The molecule has 0 saturated heterocycles. The minimum Gasteiger partial charge on any atom is -0.497 e. The van der Waals surface area contributed by atoms with Gasteiger partial charge in [0.15, 0.2) is 0 Å². The van der Waals surface area contributed by atoms with E-state index in [-0.39, 0.29) is 0 Å². The van der Waals surface area contributed by atoms with Crippen molar-refractivity contribution in [1.29, 1.82) is 0 Å². The molecule has 0 aliphatic carbocycles. The van der Waals surface area contributed by atoms with E-state index in [9.17, 15) is 0 Å². The maximum atomic E-state index is 5.26. The summed E-state index contributed by atoms with van der Waals surface area (Å²) in [6.45, 7) is 4.68. The molecular formula is C19H29N5O. The van der Waals surface area contributed by atoms with Gasteiger partial charge in [-0.2, -0.15) is 0 Å². The molecule has 1 aromatic heterocycles. The van der Waals surface area contributed by atoms with Crippen molar-refractivity contribution in [3.63, 3.8) is 0 Å². The van der Waals surface area contributed by atoms with E-state index in [0.29, 0.717) is 0 Å². The van der Waals surface area contributed by atoms with Crippen molar-refractivity contribution in [2.45, 2.75) is 19.8 Å². The van der Waals surface area contributed by atoms with Crippen LogP contribution in [0.2, 0.25) is 0 Å². The normalized spacial score (nSPS) is 10.8. The lowest BCUT2D eigenvalue weighted by Crippen LogP contribution is -2.17. The summed E-state index contributed by atoms with van der Waals surface area (Å²) in [5, 5.41) is 6.75. The lowest BCUT2D eigenvalue weighted by molar-refractivity contribution is 0.405. The Labute approximate surface area is 150 Å². The van der Waals surface area contributed by atoms with Crippen LogP contribution in [0.4, 0.5) is 11.6 Å². The first-order valence-electron chi connectivity index (χ1n) is 8.68. The summed E-state index contributed by atoms with van der Waals surface area (Å²) in [5.74, 6) is 3.38. The lowest BCUT2D eigenvalue weighted by atomic mass is 10.1. The van der Waals surface area contributed by atoms with Gasteiger partial charge in [-0.15, -0.1) is 0 Å². The largest absolute Gasteiger partial charge is 0.497 e. The molecule has 1 aromatic carbocycles. The van der Waals surface area contributed by atoms with Gasteiger partial charge in [0.25, 0.3) is 0 Å². The van der Waals surface area contributed by atoms with E-state index in [1.165, 1.54) is 5.56 Å². The van der Waals surface area contributed by atoms with Crippen LogP contribution >= 0.6 is 0 Å². The van der Waals surface area contributed by atoms with Crippen LogP contribution in [0.1, 0.15) is 17.8 Å². The van der Waals surface area contributed by atoms with Crippen LogP contribution in [0, 0.1) is 6.92 Å². The third kappa shape index (κ3) is 6.97. The van der Waals surface area contributed by atoms with Crippen molar-refractivity contribution in [3.05, 3.63) is 41.7 Å². The molecule has 0 bridgehead atoms. The average Bonchev–Trinajstić information content (AvgIpc) is 2.58. The third-order valence-corrected chi connectivity index (χ3v) is 3.78. The number of nitrogens with one attached hydrogen (secondary N) is 2. The summed E-state index contributed by atoms with van der Waals surface area (Å²) in [5.41, 5.74) is 1.24. The quantitative estimate of drug-likeness (QED) is 0.647. The van der Waals surface area contributed by atoms with Crippen molar-refractivity contribution in [1.82, 2.24) is 14.9 Å². The van der Waals surface area contributed by atoms with Gasteiger partial charge in [0.2, 0.25) is 0 Å². The lowest BCUT2D eigenvalue weighted by Gasteiger charge is -2.12. The van der Waals surface area contributed by atoms with E-state index in [2.05, 4.69) is 51.7 Å². The molecular weight excluding hydrogens is 314 g/mol. The number of anilines is 2. The first kappa shape index (κ1) is 19.0. The van der Waals surface area contributed by atoms with Crippen molar-refractivity contribution in [3.8, 4) is 5.75 Å². The second-order valence-electron chi connectivity index (χ2n) is 6.30. The number of hydrogen-bond donors (Lipinski definition) is 2. The topological polar surface area (TPSA) is 62.3 Å². The van der Waals surface area contributed by atoms with E-state index < -0.39 is 0 Å². The molecule has 0 aliphatic rings. The molecule has 6 nitrogen and oxygen atoms in total. The number of ether oxygens (including phenoxy) is 1. The highest BCUT2D eigenvalue weighted by Gasteiger charge is 2.02. The molecule has 1 heterocycles. The molecule has 2 aromatic rings. The average molecular weight is 343 g/mol. The van der Waals surface area contributed by atoms with Gasteiger partial charge in [-0.1, -0.05) is 12.1 Å². The van der Waals surface area contributed by atoms with E-state index in [1.807, 2.05) is 25.1 Å². The van der Waals surface area contributed by atoms with Crippen molar-refractivity contribution in [2.75, 3.05) is 51.5 Å². The van der Waals surface area contributed by atoms with Gasteiger partial charge < -0.3 is 20.3 Å². The molecule has 25 heavy (non-hydrogen) atoms. The van der Waals surface area contributed by atoms with Gasteiger partial charge in [0.1, 0.15) is 23.2 Å². The molecule has 136 valence electrons. The van der Waals surface area contributed by atoms with Gasteiger partial charge in [-0.05, 0) is 58.1 Å². The van der Waals surface area contributed by atoms with Crippen LogP contribution in [-0.2, 0) is 6.42 Å². The zero-order valence-corrected chi connectivity index (χ0v) is 15.7. The molecule has 2 rings (SSSR count). The fourth-order valence-electron chi connectivity index (χ4n) is 2.52. The highest BCUT2D eigenvalue weighted by Crippen LogP contribution is 2.14. The molecule has 0 spiro atoms. The van der Waals surface area contributed by atoms with Gasteiger partial charge in [0, 0.05) is 19.2 Å². The molecule has 0 unspecified atom stereocenters. The second-order valence-corrected chi connectivity index (χ2v) is 6.30. The smallest absolute Gasteiger partial charge is 0.131 e. The summed E-state index contributed by atoms with van der Waals surface area (Å²) < 4.78 is 5.26. The highest BCUT2D eigenvalue weighted by molar-refractivity contribution is 5.47. The Bertz CT molecular complexity index is 660. The van der Waals surface area contributed by atoms with Crippen LogP contribution in [0.3, 0.4) is 0 Å². The second kappa shape index (κ2) is 9.84. The Morgan fingerprint density at radius 1 is 1.04 bits per heavy atom. The molecule has 0 aliphatic heterocycles. The van der Waals surface area contributed by atoms with Crippen molar-refractivity contribution >= 4 is 11.6 Å². The van der Waals surface area contributed by atoms with Crippen molar-refractivity contribution < 1.29 is 4.74 Å². The fourth-order valence-corrected chi connectivity index (χ4v) is 2.52. The van der Waals surface area contributed by atoms with Gasteiger partial charge in [-0.25, -0.2) is 9.97 Å². The Kier molecular flexibility index (Phi) is 7.47. The Morgan fingerprint density at radius 2 is 1.76 bits per heavy atom. The summed E-state index contributed by atoms with van der Waals surface area (Å²) in [6.07, 6.45) is 1.99. The van der Waals surface area contributed by atoms with E-state index in [0.717, 1.165) is 55.7 Å². The minimum atomic E-state index is 0.765. The SMILES string of the molecule is COc1cccc(CCNc2cc(NCCCN(C)C)nc(C)n2)c1. The van der Waals surface area contributed by atoms with E-state index in [4.69, 9.17) is 4.74 Å². The molecule has 6 heteroatoms. The fraction of sp³-hybridized carbons (Fsp3) is 0.474. The Hall–Kier alpha value is -2.34. The van der Waals surface area contributed by atoms with Gasteiger partial charge in [-0.3, -0.25) is 0 Å². The molecule has 0 atom stereocenters. The molecule has 0 fully saturated rings. The monoisotopic (exact) mass is 343 g/mol. The van der Waals surface area contributed by atoms with Crippen LogP contribution < -0.4 is 15.4 Å². The van der Waals surface area contributed by atoms with Crippen LogP contribution in [0.15, 0.2) is 30.3 Å². The number of nitrogens with zero attached hydrogens (tertiary/aromatic N) is 3. The summed E-state index contributed by atoms with van der Waals surface area (Å²) in [7, 11) is 5.85. The molecule has 0 radical (unpaired) electrons. The maximum Gasteiger partial charge on any atom is 0.131 e. The van der Waals surface area contributed by atoms with E-state index >= 15 is 0 Å². The standard InChI is InChI=1S/C19H29N5O/c1-15-22-18(20-10-6-12-24(2)3)14-19(23-15)21-11-9-16-7-5-8-17(13-16)25-4/h5,7-8,13-14H,6,9-12H2,1-4H3,(H2,20,21,22,23). The first-order chi connectivity index (χ1) is 12.1. The van der Waals surface area contributed by atoms with E-state index in [1.54, 1.807) is 7.11 Å².